The highest BCUT2D eigenvalue weighted by Gasteiger charge is 2.57. The fraction of sp³-hybridized carbons (Fsp3) is 0.824. The molecule has 3 aliphatic rings. The lowest BCUT2D eigenvalue weighted by atomic mass is 9.82. The van der Waals surface area contributed by atoms with E-state index in [2.05, 4.69) is 0 Å². The normalized spacial score (nSPS) is 48.4. The topological polar surface area (TPSA) is 175 Å². The Labute approximate surface area is 160 Å². The van der Waals surface area contributed by atoms with Crippen LogP contribution in [0.3, 0.4) is 0 Å². The van der Waals surface area contributed by atoms with Crippen molar-refractivity contribution in [2.75, 3.05) is 13.7 Å². The molecule has 2 fully saturated rings. The number of fused-ring (bicyclic) bond motifs is 1. The highest BCUT2D eigenvalue weighted by atomic mass is 16.8. The van der Waals surface area contributed by atoms with E-state index in [9.17, 15) is 35.4 Å². The van der Waals surface area contributed by atoms with E-state index >= 15 is 0 Å². The Hall–Kier alpha value is -1.31. The molecule has 11 heteroatoms. The molecule has 0 bridgehead atoms. The number of aliphatic hydroxyl groups excluding tert-OH is 6. The van der Waals surface area contributed by atoms with Crippen molar-refractivity contribution in [1.82, 2.24) is 0 Å². The van der Waals surface area contributed by atoms with Gasteiger partial charge in [0.15, 0.2) is 6.29 Å². The Balaban J connectivity index is 1.84. The Morgan fingerprint density at radius 3 is 2.32 bits per heavy atom. The summed E-state index contributed by atoms with van der Waals surface area (Å²) in [5.41, 5.74) is 0.0389. The van der Waals surface area contributed by atoms with Crippen LogP contribution in [0.5, 0.6) is 0 Å². The lowest BCUT2D eigenvalue weighted by Crippen LogP contribution is -2.60. The van der Waals surface area contributed by atoms with Crippen LogP contribution in [0.4, 0.5) is 0 Å². The van der Waals surface area contributed by atoms with E-state index in [1.54, 1.807) is 6.92 Å². The van der Waals surface area contributed by atoms with Crippen molar-refractivity contribution in [3.05, 3.63) is 11.8 Å². The molecular formula is C17H26O11. The van der Waals surface area contributed by atoms with Gasteiger partial charge in [-0.05, 0) is 5.92 Å². The van der Waals surface area contributed by atoms with Crippen molar-refractivity contribution in [3.8, 4) is 0 Å². The van der Waals surface area contributed by atoms with Crippen LogP contribution in [0.1, 0.15) is 6.92 Å². The molecule has 11 nitrogen and oxygen atoms in total. The zero-order chi connectivity index (χ0) is 20.7. The molecule has 1 saturated carbocycles. The number of aliphatic hydroxyl groups is 6. The lowest BCUT2D eigenvalue weighted by Gasteiger charge is -2.43. The molecule has 2 heterocycles. The SMILES string of the molecule is COC(=O)C1=CO[C@@H](O[C@@H]2O[C@H](CO)[C@@H](O)[C@H](O)[C@H]2O)[C@@H]2[C@@H](C)[C@@H](O)C(O)[C@H]12. The van der Waals surface area contributed by atoms with E-state index in [-0.39, 0.29) is 5.57 Å². The molecule has 2 aliphatic heterocycles. The van der Waals surface area contributed by atoms with Gasteiger partial charge < -0.3 is 49.6 Å². The summed E-state index contributed by atoms with van der Waals surface area (Å²) in [6.45, 7) is 1.02. The zero-order valence-electron chi connectivity index (χ0n) is 15.4. The Morgan fingerprint density at radius 1 is 1.04 bits per heavy atom. The Morgan fingerprint density at radius 2 is 1.71 bits per heavy atom. The maximum absolute atomic E-state index is 12.0. The van der Waals surface area contributed by atoms with Crippen molar-refractivity contribution in [2.45, 2.75) is 56.1 Å². The summed E-state index contributed by atoms with van der Waals surface area (Å²) in [5, 5.41) is 59.9. The third-order valence-electron chi connectivity index (χ3n) is 5.82. The maximum atomic E-state index is 12.0. The zero-order valence-corrected chi connectivity index (χ0v) is 15.4. The monoisotopic (exact) mass is 406 g/mol. The van der Waals surface area contributed by atoms with E-state index in [1.807, 2.05) is 0 Å². The first-order valence-corrected chi connectivity index (χ1v) is 8.98. The van der Waals surface area contributed by atoms with Crippen LogP contribution in [-0.4, -0.2) is 99.5 Å². The summed E-state index contributed by atoms with van der Waals surface area (Å²) in [6, 6.07) is 0. The molecule has 1 aliphatic carbocycles. The van der Waals surface area contributed by atoms with Crippen LogP contribution in [0, 0.1) is 17.8 Å². The minimum Gasteiger partial charge on any atom is -0.472 e. The fourth-order valence-electron chi connectivity index (χ4n) is 4.16. The first kappa shape index (κ1) is 21.4. The van der Waals surface area contributed by atoms with Gasteiger partial charge in [0.1, 0.15) is 24.4 Å². The standard InChI is InChI=1S/C17H26O11/c1-5-8-9(12(21)10(5)19)6(15(24)25-2)4-26-16(8)28-17-14(23)13(22)11(20)7(3-18)27-17/h4-5,7-14,16-23H,3H2,1-2H3/t5-,7-,8-,9-,10-,11-,12?,13+,14-,16+,17+/m1/s1. The third-order valence-corrected chi connectivity index (χ3v) is 5.82. The molecule has 1 saturated heterocycles. The summed E-state index contributed by atoms with van der Waals surface area (Å²) < 4.78 is 21.1. The molecule has 11 atom stereocenters. The van der Waals surface area contributed by atoms with E-state index in [0.29, 0.717) is 0 Å². The van der Waals surface area contributed by atoms with Crippen molar-refractivity contribution in [2.24, 2.45) is 17.8 Å². The van der Waals surface area contributed by atoms with Gasteiger partial charge in [-0.15, -0.1) is 0 Å². The quantitative estimate of drug-likeness (QED) is 0.260. The average molecular weight is 406 g/mol. The summed E-state index contributed by atoms with van der Waals surface area (Å²) in [7, 11) is 1.18. The first-order valence-electron chi connectivity index (χ1n) is 8.98. The van der Waals surface area contributed by atoms with Crippen LogP contribution >= 0.6 is 0 Å². The van der Waals surface area contributed by atoms with Crippen LogP contribution in [-0.2, 0) is 23.7 Å². The molecular weight excluding hydrogens is 380 g/mol. The minimum atomic E-state index is -1.64. The minimum absolute atomic E-state index is 0.0389. The van der Waals surface area contributed by atoms with Gasteiger partial charge in [-0.25, -0.2) is 4.79 Å². The van der Waals surface area contributed by atoms with Crippen LogP contribution in [0.25, 0.3) is 0 Å². The smallest absolute Gasteiger partial charge is 0.337 e. The van der Waals surface area contributed by atoms with E-state index in [4.69, 9.17) is 18.9 Å². The Bertz CT molecular complexity index is 608. The maximum Gasteiger partial charge on any atom is 0.337 e. The van der Waals surface area contributed by atoms with Crippen molar-refractivity contribution in [3.63, 3.8) is 0 Å². The van der Waals surface area contributed by atoms with Crippen molar-refractivity contribution in [1.29, 1.82) is 0 Å². The van der Waals surface area contributed by atoms with Gasteiger partial charge in [-0.2, -0.15) is 0 Å². The van der Waals surface area contributed by atoms with Gasteiger partial charge in [0.2, 0.25) is 6.29 Å². The molecule has 160 valence electrons. The predicted octanol–water partition coefficient (Wildman–Crippen LogP) is -3.18. The second kappa shape index (κ2) is 8.20. The number of rotatable bonds is 4. The van der Waals surface area contributed by atoms with Gasteiger partial charge >= 0.3 is 5.97 Å². The molecule has 0 aromatic heterocycles. The predicted molar refractivity (Wildman–Crippen MR) is 88.0 cm³/mol. The second-order valence-corrected chi connectivity index (χ2v) is 7.35. The van der Waals surface area contributed by atoms with Gasteiger partial charge in [-0.3, -0.25) is 0 Å². The second-order valence-electron chi connectivity index (χ2n) is 7.35. The Kier molecular flexibility index (Phi) is 6.27. The first-order chi connectivity index (χ1) is 13.2. The summed E-state index contributed by atoms with van der Waals surface area (Å²) >= 11 is 0. The van der Waals surface area contributed by atoms with Crippen molar-refractivity contribution < 1.29 is 54.4 Å². The van der Waals surface area contributed by atoms with E-state index < -0.39 is 79.5 Å². The van der Waals surface area contributed by atoms with Gasteiger partial charge in [0, 0.05) is 11.8 Å². The number of hydrogen-bond donors (Lipinski definition) is 6. The molecule has 0 spiro atoms. The molecule has 1 unspecified atom stereocenters. The highest BCUT2D eigenvalue weighted by Crippen LogP contribution is 2.47. The fourth-order valence-corrected chi connectivity index (χ4v) is 4.16. The number of hydrogen-bond acceptors (Lipinski definition) is 11. The molecule has 0 aromatic rings. The summed E-state index contributed by atoms with van der Waals surface area (Å²) in [4.78, 5) is 12.0. The van der Waals surface area contributed by atoms with Crippen LogP contribution in [0.2, 0.25) is 0 Å². The largest absolute Gasteiger partial charge is 0.472 e. The lowest BCUT2D eigenvalue weighted by molar-refractivity contribution is -0.343. The molecule has 6 N–H and O–H groups in total. The number of carbonyl (C=O) groups is 1. The van der Waals surface area contributed by atoms with E-state index in [1.165, 1.54) is 7.11 Å². The number of methoxy groups -OCH3 is 1. The average Bonchev–Trinajstić information content (AvgIpc) is 2.92. The van der Waals surface area contributed by atoms with Crippen LogP contribution in [0.15, 0.2) is 11.8 Å². The third kappa shape index (κ3) is 3.42. The molecule has 28 heavy (non-hydrogen) atoms. The number of esters is 1. The summed E-state index contributed by atoms with van der Waals surface area (Å²) in [6.07, 6.45) is -9.96. The van der Waals surface area contributed by atoms with Gasteiger partial charge in [0.25, 0.3) is 0 Å². The van der Waals surface area contributed by atoms with Gasteiger partial charge in [0.05, 0.1) is 37.8 Å². The highest BCUT2D eigenvalue weighted by molar-refractivity contribution is 5.89. The number of carbonyl (C=O) groups excluding carboxylic acids is 1. The van der Waals surface area contributed by atoms with Crippen molar-refractivity contribution >= 4 is 5.97 Å². The van der Waals surface area contributed by atoms with E-state index in [0.717, 1.165) is 6.26 Å². The number of ether oxygens (including phenoxy) is 4. The van der Waals surface area contributed by atoms with Crippen LogP contribution < -0.4 is 0 Å². The summed E-state index contributed by atoms with van der Waals surface area (Å²) in [5.74, 6) is -2.82. The van der Waals surface area contributed by atoms with Gasteiger partial charge in [-0.1, -0.05) is 6.92 Å². The molecule has 0 amide bonds. The molecule has 3 rings (SSSR count). The molecule has 0 radical (unpaired) electrons. The molecule has 0 aromatic carbocycles.